The van der Waals surface area contributed by atoms with Gasteiger partial charge in [0.15, 0.2) is 0 Å². The van der Waals surface area contributed by atoms with Gasteiger partial charge in [-0.1, -0.05) is 18.2 Å². The Morgan fingerprint density at radius 3 is 2.14 bits per heavy atom. The molecule has 188 valence electrons. The van der Waals surface area contributed by atoms with Crippen LogP contribution in [0.3, 0.4) is 0 Å². The lowest BCUT2D eigenvalue weighted by Gasteiger charge is -2.30. The van der Waals surface area contributed by atoms with E-state index in [0.29, 0.717) is 34.9 Å². The normalized spacial score (nSPS) is 16.5. The molecule has 4 heterocycles. The number of benzene rings is 1. The highest BCUT2D eigenvalue weighted by Crippen LogP contribution is 2.26. The van der Waals surface area contributed by atoms with Crippen LogP contribution in [0, 0.1) is 0 Å². The highest BCUT2D eigenvalue weighted by atomic mass is 16.4. The van der Waals surface area contributed by atoms with Gasteiger partial charge in [0.25, 0.3) is 5.95 Å². The van der Waals surface area contributed by atoms with Gasteiger partial charge in [0.05, 0.1) is 11.8 Å². The van der Waals surface area contributed by atoms with Gasteiger partial charge in [-0.15, -0.1) is 0 Å². The van der Waals surface area contributed by atoms with E-state index in [0.717, 1.165) is 51.9 Å². The van der Waals surface area contributed by atoms with Crippen molar-refractivity contribution in [2.24, 2.45) is 5.10 Å². The van der Waals surface area contributed by atoms with Gasteiger partial charge in [-0.25, -0.2) is 9.80 Å². The molecule has 2 fully saturated rings. The second-order valence-electron chi connectivity index (χ2n) is 9.15. The second-order valence-corrected chi connectivity index (χ2v) is 9.15. The molecule has 2 aliphatic rings. The molecule has 36 heavy (non-hydrogen) atoms. The molecule has 2 saturated heterocycles. The van der Waals surface area contributed by atoms with Crippen molar-refractivity contribution in [3.63, 3.8) is 0 Å². The van der Waals surface area contributed by atoms with Crippen LogP contribution in [0.4, 0.5) is 17.8 Å². The van der Waals surface area contributed by atoms with Gasteiger partial charge < -0.3 is 19.3 Å². The molecule has 0 amide bonds. The minimum Gasteiger partial charge on any atom is -0.478 e. The number of carboxylic acids is 1. The number of aromatic carboxylic acids is 1. The minimum atomic E-state index is -0.999. The van der Waals surface area contributed by atoms with E-state index in [-0.39, 0.29) is 5.56 Å². The summed E-state index contributed by atoms with van der Waals surface area (Å²) in [6.45, 7) is 3.79. The molecule has 10 nitrogen and oxygen atoms in total. The number of furan rings is 1. The van der Waals surface area contributed by atoms with Crippen molar-refractivity contribution in [2.45, 2.75) is 38.5 Å². The van der Waals surface area contributed by atoms with Crippen molar-refractivity contribution < 1.29 is 14.3 Å². The zero-order valence-corrected chi connectivity index (χ0v) is 20.5. The summed E-state index contributed by atoms with van der Waals surface area (Å²) in [6, 6.07) is 10.3. The molecule has 1 N–H and O–H groups in total. The largest absolute Gasteiger partial charge is 0.478 e. The van der Waals surface area contributed by atoms with Crippen LogP contribution in [0.15, 0.2) is 45.9 Å². The lowest BCUT2D eigenvalue weighted by atomic mass is 10.1. The lowest BCUT2D eigenvalue weighted by molar-refractivity contribution is 0.0697. The van der Waals surface area contributed by atoms with E-state index < -0.39 is 5.97 Å². The Kier molecular flexibility index (Phi) is 7.11. The molecule has 1 aromatic carbocycles. The Bertz CT molecular complexity index is 1190. The number of hydrazone groups is 1. The molecule has 0 aliphatic carbocycles. The van der Waals surface area contributed by atoms with Crippen LogP contribution >= 0.6 is 0 Å². The third-order valence-electron chi connectivity index (χ3n) is 6.58. The summed E-state index contributed by atoms with van der Waals surface area (Å²) in [4.78, 5) is 30.3. The molecule has 5 rings (SSSR count). The Labute approximate surface area is 210 Å². The summed E-state index contributed by atoms with van der Waals surface area (Å²) in [7, 11) is 1.80. The second kappa shape index (κ2) is 10.8. The van der Waals surface area contributed by atoms with Crippen LogP contribution in [0.2, 0.25) is 0 Å². The molecule has 2 aromatic heterocycles. The van der Waals surface area contributed by atoms with E-state index in [4.69, 9.17) is 19.4 Å². The van der Waals surface area contributed by atoms with Gasteiger partial charge in [0.1, 0.15) is 11.5 Å². The highest BCUT2D eigenvalue weighted by molar-refractivity contribution is 5.95. The number of rotatable bonds is 7. The maximum Gasteiger partial charge on any atom is 0.336 e. The Morgan fingerprint density at radius 1 is 0.917 bits per heavy atom. The summed E-state index contributed by atoms with van der Waals surface area (Å²) in [6.07, 6.45) is 8.61. The molecular weight excluding hydrogens is 458 g/mol. The molecule has 0 atom stereocenters. The third-order valence-corrected chi connectivity index (χ3v) is 6.58. The van der Waals surface area contributed by atoms with Crippen molar-refractivity contribution in [1.82, 2.24) is 15.0 Å². The minimum absolute atomic E-state index is 0.188. The average molecular weight is 490 g/mol. The first-order chi connectivity index (χ1) is 17.6. The fraction of sp³-hybridized carbons (Fsp3) is 0.423. The molecule has 0 spiro atoms. The highest BCUT2D eigenvalue weighted by Gasteiger charge is 2.21. The first-order valence-corrected chi connectivity index (χ1v) is 12.5. The number of piperidine rings is 2. The molecule has 10 heteroatoms. The van der Waals surface area contributed by atoms with E-state index in [1.807, 2.05) is 0 Å². The maximum absolute atomic E-state index is 11.6. The smallest absolute Gasteiger partial charge is 0.336 e. The SMILES string of the molecule is CN(N=Cc1ccc(-c2ccccc2C(=O)O)o1)c1nc(N2CCCCC2)nc(N2CCCCC2)n1. The van der Waals surface area contributed by atoms with Gasteiger partial charge >= 0.3 is 5.97 Å². The van der Waals surface area contributed by atoms with Gasteiger partial charge in [-0.3, -0.25) is 0 Å². The van der Waals surface area contributed by atoms with Crippen LogP contribution < -0.4 is 14.8 Å². The van der Waals surface area contributed by atoms with E-state index in [1.165, 1.54) is 12.8 Å². The van der Waals surface area contributed by atoms with Crippen LogP contribution in [0.5, 0.6) is 0 Å². The van der Waals surface area contributed by atoms with Gasteiger partial charge in [0, 0.05) is 38.8 Å². The van der Waals surface area contributed by atoms with Gasteiger partial charge in [0.2, 0.25) is 11.9 Å². The zero-order valence-electron chi connectivity index (χ0n) is 20.5. The monoisotopic (exact) mass is 489 g/mol. The van der Waals surface area contributed by atoms with Crippen molar-refractivity contribution in [2.75, 3.05) is 48.0 Å². The van der Waals surface area contributed by atoms with Crippen LogP contribution in [-0.2, 0) is 0 Å². The van der Waals surface area contributed by atoms with E-state index >= 15 is 0 Å². The Balaban J connectivity index is 1.39. The summed E-state index contributed by atoms with van der Waals surface area (Å²) in [5, 5.41) is 15.6. The standard InChI is InChI=1S/C26H31N7O3/c1-31(27-18-19-12-13-22(36-19)20-10-4-5-11-21(20)23(34)35)24-28-25(32-14-6-2-7-15-32)30-26(29-24)33-16-8-3-9-17-33/h4-5,10-13,18H,2-3,6-9,14-17H2,1H3,(H,34,35). The predicted octanol–water partition coefficient (Wildman–Crippen LogP) is 4.28. The van der Waals surface area contributed by atoms with E-state index in [9.17, 15) is 9.90 Å². The summed E-state index contributed by atoms with van der Waals surface area (Å²) in [5.41, 5.74) is 0.709. The van der Waals surface area contributed by atoms with Crippen molar-refractivity contribution in [3.05, 3.63) is 47.7 Å². The van der Waals surface area contributed by atoms with Gasteiger partial charge in [-0.2, -0.15) is 20.1 Å². The van der Waals surface area contributed by atoms with Crippen LogP contribution in [-0.4, -0.2) is 65.5 Å². The first-order valence-electron chi connectivity index (χ1n) is 12.5. The van der Waals surface area contributed by atoms with Crippen molar-refractivity contribution in [3.8, 4) is 11.3 Å². The Morgan fingerprint density at radius 2 is 1.53 bits per heavy atom. The topological polar surface area (TPSA) is 111 Å². The number of anilines is 3. The summed E-state index contributed by atoms with van der Waals surface area (Å²) in [5.74, 6) is 1.85. The number of aromatic nitrogens is 3. The first kappa shape index (κ1) is 23.8. The molecule has 3 aromatic rings. The summed E-state index contributed by atoms with van der Waals surface area (Å²) >= 11 is 0. The van der Waals surface area contributed by atoms with Crippen molar-refractivity contribution >= 4 is 30.0 Å². The van der Waals surface area contributed by atoms with Gasteiger partial charge in [-0.05, 0) is 56.7 Å². The molecule has 2 aliphatic heterocycles. The zero-order chi connectivity index (χ0) is 24.9. The number of hydrogen-bond acceptors (Lipinski definition) is 9. The number of hydrogen-bond donors (Lipinski definition) is 1. The van der Waals surface area contributed by atoms with E-state index in [2.05, 4.69) is 14.9 Å². The number of carboxylic acid groups (broad SMARTS) is 1. The quantitative estimate of drug-likeness (QED) is 0.384. The van der Waals surface area contributed by atoms with Crippen LogP contribution in [0.25, 0.3) is 11.3 Å². The van der Waals surface area contributed by atoms with Crippen molar-refractivity contribution in [1.29, 1.82) is 0 Å². The molecule has 0 radical (unpaired) electrons. The fourth-order valence-electron chi connectivity index (χ4n) is 4.61. The lowest BCUT2D eigenvalue weighted by Crippen LogP contribution is -2.35. The average Bonchev–Trinajstić information content (AvgIpc) is 3.41. The predicted molar refractivity (Wildman–Crippen MR) is 139 cm³/mol. The molecule has 0 bridgehead atoms. The number of carbonyl (C=O) groups is 1. The van der Waals surface area contributed by atoms with Crippen LogP contribution in [0.1, 0.15) is 54.6 Å². The van der Waals surface area contributed by atoms with E-state index in [1.54, 1.807) is 54.7 Å². The maximum atomic E-state index is 11.6. The Hall–Kier alpha value is -3.95. The molecular formula is C26H31N7O3. The number of nitrogens with zero attached hydrogens (tertiary/aromatic N) is 7. The molecule has 0 saturated carbocycles. The molecule has 0 unspecified atom stereocenters. The third kappa shape index (κ3) is 5.32. The summed E-state index contributed by atoms with van der Waals surface area (Å²) < 4.78 is 5.88. The fourth-order valence-corrected chi connectivity index (χ4v) is 4.61.